The highest BCUT2D eigenvalue weighted by atomic mass is 16.3. The van der Waals surface area contributed by atoms with Gasteiger partial charge >= 0.3 is 0 Å². The van der Waals surface area contributed by atoms with E-state index in [9.17, 15) is 0 Å². The van der Waals surface area contributed by atoms with Crippen LogP contribution in [-0.4, -0.2) is 38.1 Å². The smallest absolute Gasteiger partial charge is 0.176 e. The summed E-state index contributed by atoms with van der Waals surface area (Å²) in [4.78, 5) is 3.95. The second-order valence-electron chi connectivity index (χ2n) is 2.48. The molecule has 0 amide bonds. The molecule has 0 spiro atoms. The fraction of sp³-hybridized carbons (Fsp3) is 0.286. The summed E-state index contributed by atoms with van der Waals surface area (Å²) < 4.78 is 1.43. The highest BCUT2D eigenvalue weighted by Gasteiger charge is 1.97. The fourth-order valence-corrected chi connectivity index (χ4v) is 0.999. The molecule has 2 aromatic rings. The van der Waals surface area contributed by atoms with Gasteiger partial charge < -0.3 is 10.4 Å². The van der Waals surface area contributed by atoms with Crippen LogP contribution in [0, 0.1) is 0 Å². The molecule has 0 aromatic carbocycles. The molecule has 0 unspecified atom stereocenters. The summed E-state index contributed by atoms with van der Waals surface area (Å²) >= 11 is 0. The second-order valence-corrected chi connectivity index (χ2v) is 2.48. The molecule has 0 saturated heterocycles. The molecule has 0 radical (unpaired) electrons. The van der Waals surface area contributed by atoms with Gasteiger partial charge in [0.05, 0.1) is 6.61 Å². The lowest BCUT2D eigenvalue weighted by Crippen LogP contribution is -2.08. The molecule has 2 rings (SSSR count). The van der Waals surface area contributed by atoms with E-state index in [1.807, 2.05) is 0 Å². The molecule has 0 bridgehead atoms. The van der Waals surface area contributed by atoms with Crippen molar-refractivity contribution in [3.05, 3.63) is 18.5 Å². The average molecular weight is 179 g/mol. The highest BCUT2D eigenvalue weighted by molar-refractivity contribution is 5.42. The number of nitrogens with zero attached hydrogens (tertiary/aromatic N) is 4. The molecule has 2 N–H and O–H groups in total. The van der Waals surface area contributed by atoms with E-state index >= 15 is 0 Å². The van der Waals surface area contributed by atoms with E-state index in [2.05, 4.69) is 20.5 Å². The largest absolute Gasteiger partial charge is 0.395 e. The number of hydrogen-bond donors (Lipinski definition) is 2. The topological polar surface area (TPSA) is 75.3 Å². The summed E-state index contributed by atoms with van der Waals surface area (Å²) in [5, 5.41) is 19.5. The van der Waals surface area contributed by atoms with Crippen molar-refractivity contribution >= 4 is 11.5 Å². The van der Waals surface area contributed by atoms with E-state index in [0.717, 1.165) is 0 Å². The van der Waals surface area contributed by atoms with Gasteiger partial charge in [-0.2, -0.15) is 0 Å². The lowest BCUT2D eigenvalue weighted by Gasteiger charge is -2.01. The Kier molecular flexibility index (Phi) is 2.05. The molecule has 13 heavy (non-hydrogen) atoms. The summed E-state index contributed by atoms with van der Waals surface area (Å²) in [5.41, 5.74) is 0.703. The van der Waals surface area contributed by atoms with Crippen LogP contribution in [0.2, 0.25) is 0 Å². The Hall–Kier alpha value is -1.69. The molecule has 2 heterocycles. The molecule has 68 valence electrons. The number of rotatable bonds is 3. The number of aliphatic hydroxyl groups is 1. The van der Waals surface area contributed by atoms with Crippen molar-refractivity contribution < 1.29 is 5.11 Å². The molecule has 0 atom stereocenters. The molecular weight excluding hydrogens is 170 g/mol. The number of aliphatic hydroxyl groups excluding tert-OH is 1. The minimum atomic E-state index is 0.0804. The number of aromatic nitrogens is 4. The van der Waals surface area contributed by atoms with E-state index in [4.69, 9.17) is 5.11 Å². The van der Waals surface area contributed by atoms with Crippen molar-refractivity contribution in [3.8, 4) is 0 Å². The van der Waals surface area contributed by atoms with E-state index in [-0.39, 0.29) is 6.61 Å². The zero-order chi connectivity index (χ0) is 9.10. The van der Waals surface area contributed by atoms with Gasteiger partial charge in [-0.3, -0.25) is 0 Å². The predicted molar refractivity (Wildman–Crippen MR) is 46.4 cm³/mol. The molecule has 0 aliphatic rings. The van der Waals surface area contributed by atoms with Gasteiger partial charge in [0.25, 0.3) is 0 Å². The molecule has 6 nitrogen and oxygen atoms in total. The van der Waals surface area contributed by atoms with Crippen LogP contribution < -0.4 is 5.32 Å². The lowest BCUT2D eigenvalue weighted by molar-refractivity contribution is 0.311. The molecule has 0 aliphatic carbocycles. The van der Waals surface area contributed by atoms with Gasteiger partial charge in [-0.1, -0.05) is 0 Å². The van der Waals surface area contributed by atoms with Gasteiger partial charge in [0, 0.05) is 6.54 Å². The minimum Gasteiger partial charge on any atom is -0.395 e. The summed E-state index contributed by atoms with van der Waals surface area (Å²) in [5.74, 6) is 0.673. The van der Waals surface area contributed by atoms with Crippen LogP contribution in [0.3, 0.4) is 0 Å². The molecule has 0 fully saturated rings. The van der Waals surface area contributed by atoms with Crippen LogP contribution in [0.25, 0.3) is 5.65 Å². The lowest BCUT2D eigenvalue weighted by atomic mass is 10.5. The van der Waals surface area contributed by atoms with Gasteiger partial charge in [-0.05, 0) is 12.1 Å². The Morgan fingerprint density at radius 2 is 2.38 bits per heavy atom. The van der Waals surface area contributed by atoms with Crippen molar-refractivity contribution in [3.63, 3.8) is 0 Å². The van der Waals surface area contributed by atoms with E-state index in [1.165, 1.54) is 11.0 Å². The van der Waals surface area contributed by atoms with Gasteiger partial charge in [0.2, 0.25) is 0 Å². The second kappa shape index (κ2) is 3.36. The first-order valence-corrected chi connectivity index (χ1v) is 3.92. The van der Waals surface area contributed by atoms with Crippen LogP contribution >= 0.6 is 0 Å². The van der Waals surface area contributed by atoms with E-state index < -0.39 is 0 Å². The van der Waals surface area contributed by atoms with Crippen molar-refractivity contribution in [2.45, 2.75) is 0 Å². The molecule has 0 saturated carbocycles. The predicted octanol–water partition coefficient (Wildman–Crippen LogP) is -0.472. The Morgan fingerprint density at radius 1 is 1.46 bits per heavy atom. The third-order valence-corrected chi connectivity index (χ3v) is 1.57. The quantitative estimate of drug-likeness (QED) is 0.666. The maximum atomic E-state index is 8.58. The van der Waals surface area contributed by atoms with Crippen LogP contribution in [0.4, 0.5) is 5.82 Å². The van der Waals surface area contributed by atoms with Crippen LogP contribution in [-0.2, 0) is 0 Å². The number of anilines is 1. The van der Waals surface area contributed by atoms with Gasteiger partial charge in [0.1, 0.15) is 12.1 Å². The normalized spacial score (nSPS) is 10.5. The van der Waals surface area contributed by atoms with Crippen molar-refractivity contribution in [1.29, 1.82) is 0 Å². The number of fused-ring (bicyclic) bond motifs is 1. The van der Waals surface area contributed by atoms with Crippen molar-refractivity contribution in [2.24, 2.45) is 0 Å². The average Bonchev–Trinajstić information content (AvgIpc) is 2.61. The van der Waals surface area contributed by atoms with Crippen molar-refractivity contribution in [2.75, 3.05) is 18.5 Å². The Morgan fingerprint density at radius 3 is 3.23 bits per heavy atom. The summed E-state index contributed by atoms with van der Waals surface area (Å²) in [7, 11) is 0. The summed E-state index contributed by atoms with van der Waals surface area (Å²) in [6, 6.07) is 3.60. The zero-order valence-electron chi connectivity index (χ0n) is 6.88. The molecular formula is C7H9N5O. The van der Waals surface area contributed by atoms with E-state index in [1.54, 1.807) is 12.1 Å². The Labute approximate surface area is 74.2 Å². The third-order valence-electron chi connectivity index (χ3n) is 1.57. The number of nitrogens with one attached hydrogen (secondary N) is 1. The van der Waals surface area contributed by atoms with Crippen molar-refractivity contribution in [1.82, 2.24) is 19.8 Å². The van der Waals surface area contributed by atoms with Gasteiger partial charge in [0.15, 0.2) is 5.65 Å². The number of hydrogen-bond acceptors (Lipinski definition) is 5. The summed E-state index contributed by atoms with van der Waals surface area (Å²) in [6.07, 6.45) is 1.44. The standard InChI is InChI=1S/C7H9N5O/c13-4-3-8-6-1-2-7-9-5-10-12(7)11-6/h1-2,5,13H,3-4H2,(H,8,11). The molecule has 2 aromatic heterocycles. The minimum absolute atomic E-state index is 0.0804. The monoisotopic (exact) mass is 179 g/mol. The molecule has 6 heteroatoms. The van der Waals surface area contributed by atoms with Crippen LogP contribution in [0.1, 0.15) is 0 Å². The van der Waals surface area contributed by atoms with Crippen LogP contribution in [0.5, 0.6) is 0 Å². The SMILES string of the molecule is OCCNc1ccc2ncnn2n1. The molecule has 0 aliphatic heterocycles. The third kappa shape index (κ3) is 1.57. The first-order valence-electron chi connectivity index (χ1n) is 3.92. The van der Waals surface area contributed by atoms with Crippen LogP contribution in [0.15, 0.2) is 18.5 Å². The zero-order valence-corrected chi connectivity index (χ0v) is 6.88. The van der Waals surface area contributed by atoms with Gasteiger partial charge in [-0.25, -0.2) is 4.98 Å². The Bertz CT molecular complexity index is 398. The maximum absolute atomic E-state index is 8.58. The van der Waals surface area contributed by atoms with E-state index in [0.29, 0.717) is 18.0 Å². The Balaban J connectivity index is 2.26. The first kappa shape index (κ1) is 7.93. The van der Waals surface area contributed by atoms with Gasteiger partial charge in [-0.15, -0.1) is 14.8 Å². The fourth-order valence-electron chi connectivity index (χ4n) is 0.999. The highest BCUT2D eigenvalue weighted by Crippen LogP contribution is 2.02. The maximum Gasteiger partial charge on any atom is 0.176 e. The first-order chi connectivity index (χ1) is 6.40. The summed E-state index contributed by atoms with van der Waals surface area (Å²) in [6.45, 7) is 0.560.